The van der Waals surface area contributed by atoms with E-state index in [0.717, 1.165) is 25.7 Å². The summed E-state index contributed by atoms with van der Waals surface area (Å²) in [7, 11) is 1.23. The largest absolute Gasteiger partial charge is 0.466 e. The SMILES string of the molecule is COC(=O)C1(F)CCCCCC=C1C. The lowest BCUT2D eigenvalue weighted by atomic mass is 9.87. The molecule has 0 fully saturated rings. The number of rotatable bonds is 1. The number of allylic oxidation sites excluding steroid dienone is 1. The van der Waals surface area contributed by atoms with Gasteiger partial charge in [-0.3, -0.25) is 0 Å². The summed E-state index contributed by atoms with van der Waals surface area (Å²) >= 11 is 0. The van der Waals surface area contributed by atoms with Crippen molar-refractivity contribution < 1.29 is 13.9 Å². The predicted octanol–water partition coefficient (Wildman–Crippen LogP) is 2.78. The molecule has 0 saturated heterocycles. The van der Waals surface area contributed by atoms with Gasteiger partial charge in [0, 0.05) is 0 Å². The van der Waals surface area contributed by atoms with Crippen molar-refractivity contribution in [2.24, 2.45) is 0 Å². The molecule has 0 spiro atoms. The van der Waals surface area contributed by atoms with E-state index in [4.69, 9.17) is 0 Å². The first kappa shape index (κ1) is 11.2. The van der Waals surface area contributed by atoms with Gasteiger partial charge in [0.2, 0.25) is 5.67 Å². The number of esters is 1. The fourth-order valence-corrected chi connectivity index (χ4v) is 1.79. The number of carbonyl (C=O) groups is 1. The van der Waals surface area contributed by atoms with E-state index in [-0.39, 0.29) is 6.42 Å². The molecule has 1 rings (SSSR count). The number of carbonyl (C=O) groups excluding carboxylic acids is 1. The third-order valence-corrected chi connectivity index (χ3v) is 2.81. The Hall–Kier alpha value is -0.860. The maximum atomic E-state index is 14.3. The molecule has 80 valence electrons. The second-order valence-corrected chi connectivity index (χ2v) is 3.78. The Morgan fingerprint density at radius 3 is 2.86 bits per heavy atom. The van der Waals surface area contributed by atoms with E-state index in [1.807, 2.05) is 6.08 Å². The van der Waals surface area contributed by atoms with Crippen molar-refractivity contribution in [1.29, 1.82) is 0 Å². The Kier molecular flexibility index (Phi) is 3.67. The van der Waals surface area contributed by atoms with Crippen LogP contribution in [0.1, 0.15) is 39.0 Å². The van der Waals surface area contributed by atoms with Crippen LogP contribution >= 0.6 is 0 Å². The lowest BCUT2D eigenvalue weighted by molar-refractivity contribution is -0.152. The average Bonchev–Trinajstić information content (AvgIpc) is 2.18. The van der Waals surface area contributed by atoms with Crippen LogP contribution in [-0.2, 0) is 9.53 Å². The Bertz CT molecular complexity index is 248. The number of hydrogen-bond acceptors (Lipinski definition) is 2. The number of alkyl halides is 1. The normalized spacial score (nSPS) is 28.6. The van der Waals surface area contributed by atoms with Crippen molar-refractivity contribution in [3.63, 3.8) is 0 Å². The zero-order valence-electron chi connectivity index (χ0n) is 8.81. The van der Waals surface area contributed by atoms with Gasteiger partial charge in [-0.1, -0.05) is 12.5 Å². The first-order valence-electron chi connectivity index (χ1n) is 5.06. The molecule has 0 amide bonds. The summed E-state index contributed by atoms with van der Waals surface area (Å²) in [6.07, 6.45) is 5.73. The van der Waals surface area contributed by atoms with Crippen LogP contribution in [0.5, 0.6) is 0 Å². The van der Waals surface area contributed by atoms with Crippen molar-refractivity contribution in [2.45, 2.75) is 44.7 Å². The lowest BCUT2D eigenvalue weighted by Crippen LogP contribution is -2.36. The first-order valence-corrected chi connectivity index (χ1v) is 5.06. The molecule has 0 saturated carbocycles. The summed E-state index contributed by atoms with van der Waals surface area (Å²) in [5.41, 5.74) is -1.38. The summed E-state index contributed by atoms with van der Waals surface area (Å²) in [6.45, 7) is 1.67. The molecule has 3 heteroatoms. The molecule has 0 aromatic rings. The van der Waals surface area contributed by atoms with E-state index in [1.165, 1.54) is 7.11 Å². The number of halogens is 1. The molecule has 0 bridgehead atoms. The second kappa shape index (κ2) is 4.58. The van der Waals surface area contributed by atoms with Crippen LogP contribution in [0.25, 0.3) is 0 Å². The molecule has 0 aromatic carbocycles. The van der Waals surface area contributed by atoms with E-state index in [1.54, 1.807) is 6.92 Å². The zero-order chi connectivity index (χ0) is 10.6. The third kappa shape index (κ3) is 2.14. The zero-order valence-corrected chi connectivity index (χ0v) is 8.81. The van der Waals surface area contributed by atoms with Gasteiger partial charge in [0.25, 0.3) is 0 Å². The first-order chi connectivity index (χ1) is 6.61. The van der Waals surface area contributed by atoms with Gasteiger partial charge in [-0.2, -0.15) is 0 Å². The van der Waals surface area contributed by atoms with Gasteiger partial charge in [-0.25, -0.2) is 9.18 Å². The second-order valence-electron chi connectivity index (χ2n) is 3.78. The van der Waals surface area contributed by atoms with Crippen LogP contribution in [0.4, 0.5) is 4.39 Å². The molecule has 1 unspecified atom stereocenters. The van der Waals surface area contributed by atoms with Crippen molar-refractivity contribution in [3.8, 4) is 0 Å². The maximum Gasteiger partial charge on any atom is 0.347 e. The highest BCUT2D eigenvalue weighted by Crippen LogP contribution is 2.32. The molecule has 1 aliphatic carbocycles. The standard InChI is InChI=1S/C11H17FO2/c1-9-7-5-3-4-6-8-11(9,12)10(13)14-2/h7H,3-6,8H2,1-2H3. The Balaban J connectivity index is 2.89. The topological polar surface area (TPSA) is 26.3 Å². The maximum absolute atomic E-state index is 14.3. The summed E-state index contributed by atoms with van der Waals surface area (Å²) in [6, 6.07) is 0. The molecule has 0 aliphatic heterocycles. The molecule has 0 heterocycles. The minimum Gasteiger partial charge on any atom is -0.466 e. The van der Waals surface area contributed by atoms with E-state index in [9.17, 15) is 9.18 Å². The number of methoxy groups -OCH3 is 1. The van der Waals surface area contributed by atoms with Gasteiger partial charge in [-0.15, -0.1) is 0 Å². The molecule has 2 nitrogen and oxygen atoms in total. The van der Waals surface area contributed by atoms with Crippen molar-refractivity contribution >= 4 is 5.97 Å². The summed E-state index contributed by atoms with van der Waals surface area (Å²) in [4.78, 5) is 11.3. The molecule has 14 heavy (non-hydrogen) atoms. The summed E-state index contributed by atoms with van der Waals surface area (Å²) < 4.78 is 18.8. The molecule has 1 atom stereocenters. The van der Waals surface area contributed by atoms with Crippen LogP contribution in [0.15, 0.2) is 11.6 Å². The van der Waals surface area contributed by atoms with E-state index < -0.39 is 11.6 Å². The van der Waals surface area contributed by atoms with Gasteiger partial charge in [0.05, 0.1) is 7.11 Å². The predicted molar refractivity (Wildman–Crippen MR) is 52.7 cm³/mol. The fourth-order valence-electron chi connectivity index (χ4n) is 1.79. The van der Waals surface area contributed by atoms with E-state index in [2.05, 4.69) is 4.74 Å². The highest BCUT2D eigenvalue weighted by Gasteiger charge is 2.41. The molecular formula is C11H17FO2. The van der Waals surface area contributed by atoms with Crippen molar-refractivity contribution in [1.82, 2.24) is 0 Å². The molecule has 0 radical (unpaired) electrons. The van der Waals surface area contributed by atoms with Crippen molar-refractivity contribution in [2.75, 3.05) is 7.11 Å². The van der Waals surface area contributed by atoms with Crippen molar-refractivity contribution in [3.05, 3.63) is 11.6 Å². The Morgan fingerprint density at radius 1 is 1.50 bits per heavy atom. The van der Waals surface area contributed by atoms with Gasteiger partial charge in [0.1, 0.15) is 0 Å². The highest BCUT2D eigenvalue weighted by atomic mass is 19.1. The average molecular weight is 200 g/mol. The smallest absolute Gasteiger partial charge is 0.347 e. The molecule has 1 aliphatic rings. The van der Waals surface area contributed by atoms with Crippen LogP contribution in [0.3, 0.4) is 0 Å². The number of hydrogen-bond donors (Lipinski definition) is 0. The summed E-state index contributed by atoms with van der Waals surface area (Å²) in [5.74, 6) is -0.756. The van der Waals surface area contributed by atoms with Crippen LogP contribution in [0.2, 0.25) is 0 Å². The van der Waals surface area contributed by atoms with Gasteiger partial charge < -0.3 is 4.74 Å². The van der Waals surface area contributed by atoms with Crippen LogP contribution in [-0.4, -0.2) is 18.7 Å². The number of ether oxygens (including phenoxy) is 1. The van der Waals surface area contributed by atoms with Gasteiger partial charge in [0.15, 0.2) is 0 Å². The highest BCUT2D eigenvalue weighted by molar-refractivity contribution is 5.83. The van der Waals surface area contributed by atoms with Gasteiger partial charge in [-0.05, 0) is 38.2 Å². The van der Waals surface area contributed by atoms with Crippen LogP contribution in [0, 0.1) is 0 Å². The van der Waals surface area contributed by atoms with E-state index in [0.29, 0.717) is 5.57 Å². The lowest BCUT2D eigenvalue weighted by Gasteiger charge is -2.25. The fraction of sp³-hybridized carbons (Fsp3) is 0.727. The van der Waals surface area contributed by atoms with Crippen LogP contribution < -0.4 is 0 Å². The van der Waals surface area contributed by atoms with E-state index >= 15 is 0 Å². The minimum atomic E-state index is -1.88. The van der Waals surface area contributed by atoms with Gasteiger partial charge >= 0.3 is 5.97 Å². The molecule has 0 aromatic heterocycles. The quantitative estimate of drug-likeness (QED) is 0.480. The third-order valence-electron chi connectivity index (χ3n) is 2.81. The monoisotopic (exact) mass is 200 g/mol. The Morgan fingerprint density at radius 2 is 2.21 bits per heavy atom. The molecule has 0 N–H and O–H groups in total. The minimum absolute atomic E-state index is 0.252. The summed E-state index contributed by atoms with van der Waals surface area (Å²) in [5, 5.41) is 0. The Labute approximate surface area is 84.1 Å². The molecular weight excluding hydrogens is 183 g/mol.